The van der Waals surface area contributed by atoms with E-state index < -0.39 is 6.10 Å². The van der Waals surface area contributed by atoms with Crippen molar-refractivity contribution in [3.05, 3.63) is 60.2 Å². The number of likely N-dealkylation sites (N-methyl/N-ethyl adjacent to an activating group) is 1. The summed E-state index contributed by atoms with van der Waals surface area (Å²) in [5.74, 6) is 0.765. The van der Waals surface area contributed by atoms with Gasteiger partial charge in [-0.1, -0.05) is 30.3 Å². The Kier molecular flexibility index (Phi) is 6.44. The molecule has 0 amide bonds. The summed E-state index contributed by atoms with van der Waals surface area (Å²) in [6, 6.07) is 18.4. The fourth-order valence-electron chi connectivity index (χ4n) is 2.39. The summed E-state index contributed by atoms with van der Waals surface area (Å²) < 4.78 is 5.61. The Morgan fingerprint density at radius 2 is 1.70 bits per heavy atom. The van der Waals surface area contributed by atoms with Gasteiger partial charge in [0.2, 0.25) is 0 Å². The highest BCUT2D eigenvalue weighted by Gasteiger charge is 2.07. The molecule has 0 radical (unpaired) electrons. The predicted octanol–water partition coefficient (Wildman–Crippen LogP) is 3.16. The zero-order chi connectivity index (χ0) is 16.7. The lowest BCUT2D eigenvalue weighted by Crippen LogP contribution is -2.30. The van der Waals surface area contributed by atoms with Crippen molar-refractivity contribution in [2.75, 3.05) is 32.6 Å². The zero-order valence-electron chi connectivity index (χ0n) is 14.1. The van der Waals surface area contributed by atoms with Crippen LogP contribution >= 0.6 is 0 Å². The molecular weight excluding hydrogens is 288 g/mol. The molecule has 0 saturated heterocycles. The van der Waals surface area contributed by atoms with E-state index in [1.165, 1.54) is 5.56 Å². The number of aliphatic hydroxyl groups is 1. The third kappa shape index (κ3) is 5.93. The van der Waals surface area contributed by atoms with Gasteiger partial charge in [0.25, 0.3) is 0 Å². The van der Waals surface area contributed by atoms with Crippen LogP contribution < -0.4 is 10.1 Å². The topological polar surface area (TPSA) is 44.7 Å². The monoisotopic (exact) mass is 314 g/mol. The van der Waals surface area contributed by atoms with Crippen LogP contribution in [-0.4, -0.2) is 43.4 Å². The normalized spacial score (nSPS) is 13.6. The molecule has 0 aliphatic heterocycles. The van der Waals surface area contributed by atoms with E-state index >= 15 is 0 Å². The molecule has 4 nitrogen and oxygen atoms in total. The lowest BCUT2D eigenvalue weighted by atomic mass is 10.1. The Bertz CT molecular complexity index is 570. The highest BCUT2D eigenvalue weighted by molar-refractivity contribution is 5.48. The first kappa shape index (κ1) is 17.3. The molecule has 0 bridgehead atoms. The van der Waals surface area contributed by atoms with Crippen molar-refractivity contribution >= 4 is 5.69 Å². The van der Waals surface area contributed by atoms with E-state index in [1.54, 1.807) is 0 Å². The number of hydrogen-bond acceptors (Lipinski definition) is 4. The van der Waals surface area contributed by atoms with Gasteiger partial charge >= 0.3 is 0 Å². The molecule has 0 aliphatic rings. The van der Waals surface area contributed by atoms with Crippen LogP contribution in [0.3, 0.4) is 0 Å². The molecule has 0 aliphatic carbocycles. The van der Waals surface area contributed by atoms with E-state index in [-0.39, 0.29) is 6.04 Å². The zero-order valence-corrected chi connectivity index (χ0v) is 14.1. The highest BCUT2D eigenvalue weighted by Crippen LogP contribution is 2.21. The van der Waals surface area contributed by atoms with Crippen LogP contribution in [0.5, 0.6) is 5.75 Å². The summed E-state index contributed by atoms with van der Waals surface area (Å²) in [6.45, 7) is 3.02. The minimum Gasteiger partial charge on any atom is -0.491 e. The molecule has 0 heterocycles. The number of nitrogens with zero attached hydrogens (tertiary/aromatic N) is 1. The smallest absolute Gasteiger partial charge is 0.119 e. The summed E-state index contributed by atoms with van der Waals surface area (Å²) in [6.07, 6.45) is -0.485. The second kappa shape index (κ2) is 8.56. The van der Waals surface area contributed by atoms with Crippen LogP contribution in [0.15, 0.2) is 54.6 Å². The molecule has 2 aromatic rings. The van der Waals surface area contributed by atoms with E-state index in [0.717, 1.165) is 11.4 Å². The maximum Gasteiger partial charge on any atom is 0.119 e. The molecule has 0 saturated carbocycles. The summed E-state index contributed by atoms with van der Waals surface area (Å²) in [7, 11) is 3.86. The minimum absolute atomic E-state index is 0.241. The second-order valence-corrected chi connectivity index (χ2v) is 6.03. The van der Waals surface area contributed by atoms with Crippen molar-refractivity contribution in [3.8, 4) is 5.75 Å². The molecular formula is C19H26N2O2. The lowest BCUT2D eigenvalue weighted by Gasteiger charge is -2.18. The van der Waals surface area contributed by atoms with Crippen molar-refractivity contribution < 1.29 is 9.84 Å². The van der Waals surface area contributed by atoms with Gasteiger partial charge in [-0.25, -0.2) is 0 Å². The van der Waals surface area contributed by atoms with Gasteiger partial charge in [-0.05, 0) is 50.8 Å². The summed E-state index contributed by atoms with van der Waals surface area (Å²) >= 11 is 0. The van der Waals surface area contributed by atoms with E-state index in [1.807, 2.05) is 61.5 Å². The quantitative estimate of drug-likeness (QED) is 0.785. The number of anilines is 1. The number of nitrogens with one attached hydrogen (secondary N) is 1. The molecule has 124 valence electrons. The summed E-state index contributed by atoms with van der Waals surface area (Å²) in [5.41, 5.74) is 2.29. The molecule has 2 atom stereocenters. The second-order valence-electron chi connectivity index (χ2n) is 6.03. The first-order valence-corrected chi connectivity index (χ1v) is 7.91. The third-order valence-corrected chi connectivity index (χ3v) is 3.56. The van der Waals surface area contributed by atoms with Gasteiger partial charge < -0.3 is 20.1 Å². The summed E-state index contributed by atoms with van der Waals surface area (Å²) in [5, 5.41) is 13.3. The van der Waals surface area contributed by atoms with Crippen molar-refractivity contribution in [3.63, 3.8) is 0 Å². The molecule has 2 unspecified atom stereocenters. The molecule has 0 fully saturated rings. The van der Waals surface area contributed by atoms with Crippen LogP contribution in [0.4, 0.5) is 5.69 Å². The van der Waals surface area contributed by atoms with E-state index in [0.29, 0.717) is 13.2 Å². The maximum atomic E-state index is 9.80. The standard InChI is InChI=1S/C19H26N2O2/c1-15(16-7-5-4-6-8-16)20-17-9-11-19(12-10-17)23-14-18(22)13-21(2)3/h4-12,15,18,20,22H,13-14H2,1-3H3. The van der Waals surface area contributed by atoms with Crippen LogP contribution in [0.25, 0.3) is 0 Å². The van der Waals surface area contributed by atoms with Gasteiger partial charge in [0.05, 0.1) is 0 Å². The molecule has 2 aromatic carbocycles. The number of aliphatic hydroxyl groups excluding tert-OH is 1. The van der Waals surface area contributed by atoms with Gasteiger partial charge in [-0.2, -0.15) is 0 Å². The third-order valence-electron chi connectivity index (χ3n) is 3.56. The van der Waals surface area contributed by atoms with Crippen LogP contribution in [0.1, 0.15) is 18.5 Å². The predicted molar refractivity (Wildman–Crippen MR) is 95.0 cm³/mol. The van der Waals surface area contributed by atoms with Crippen LogP contribution in [-0.2, 0) is 0 Å². The summed E-state index contributed by atoms with van der Waals surface area (Å²) in [4.78, 5) is 1.94. The SMILES string of the molecule is CC(Nc1ccc(OCC(O)CN(C)C)cc1)c1ccccc1. The van der Waals surface area contributed by atoms with E-state index in [2.05, 4.69) is 24.4 Å². The largest absolute Gasteiger partial charge is 0.491 e. The Morgan fingerprint density at radius 3 is 2.30 bits per heavy atom. The van der Waals surface area contributed by atoms with Crippen molar-refractivity contribution in [1.29, 1.82) is 0 Å². The lowest BCUT2D eigenvalue weighted by molar-refractivity contribution is 0.0831. The Morgan fingerprint density at radius 1 is 1.04 bits per heavy atom. The van der Waals surface area contributed by atoms with E-state index in [4.69, 9.17) is 4.74 Å². The fraction of sp³-hybridized carbons (Fsp3) is 0.368. The van der Waals surface area contributed by atoms with Gasteiger partial charge in [-0.3, -0.25) is 0 Å². The molecule has 4 heteroatoms. The number of ether oxygens (including phenoxy) is 1. The average molecular weight is 314 g/mol. The molecule has 23 heavy (non-hydrogen) atoms. The van der Waals surface area contributed by atoms with Crippen molar-refractivity contribution in [2.45, 2.75) is 19.1 Å². The van der Waals surface area contributed by atoms with Crippen molar-refractivity contribution in [2.24, 2.45) is 0 Å². The van der Waals surface area contributed by atoms with Gasteiger partial charge in [0.1, 0.15) is 18.5 Å². The molecule has 0 spiro atoms. The Balaban J connectivity index is 1.85. The Labute approximate surface area is 138 Å². The molecule has 2 N–H and O–H groups in total. The number of benzene rings is 2. The number of hydrogen-bond donors (Lipinski definition) is 2. The first-order chi connectivity index (χ1) is 11.0. The molecule has 0 aromatic heterocycles. The van der Waals surface area contributed by atoms with Gasteiger partial charge in [0, 0.05) is 18.3 Å². The van der Waals surface area contributed by atoms with E-state index in [9.17, 15) is 5.11 Å². The van der Waals surface area contributed by atoms with Crippen LogP contribution in [0, 0.1) is 0 Å². The van der Waals surface area contributed by atoms with Gasteiger partial charge in [-0.15, -0.1) is 0 Å². The first-order valence-electron chi connectivity index (χ1n) is 7.91. The molecule has 2 rings (SSSR count). The van der Waals surface area contributed by atoms with Gasteiger partial charge in [0.15, 0.2) is 0 Å². The Hall–Kier alpha value is -2.04. The number of rotatable bonds is 8. The minimum atomic E-state index is -0.485. The average Bonchev–Trinajstić information content (AvgIpc) is 2.54. The highest BCUT2D eigenvalue weighted by atomic mass is 16.5. The maximum absolute atomic E-state index is 9.80. The van der Waals surface area contributed by atoms with Crippen LogP contribution in [0.2, 0.25) is 0 Å². The fourth-order valence-corrected chi connectivity index (χ4v) is 2.39. The van der Waals surface area contributed by atoms with Crippen molar-refractivity contribution in [1.82, 2.24) is 4.90 Å².